The first-order chi connectivity index (χ1) is 18.9. The largest absolute Gasteiger partial charge is 0.393 e. The number of carbonyl (C=O) groups is 1. The molecule has 0 aliphatic heterocycles. The Morgan fingerprint density at radius 3 is 2.64 bits per heavy atom. The molecule has 0 heterocycles. The number of rotatable bonds is 5. The van der Waals surface area contributed by atoms with Crippen molar-refractivity contribution in [3.05, 3.63) is 101 Å². The molecule has 4 aliphatic carbocycles. The summed E-state index contributed by atoms with van der Waals surface area (Å²) >= 11 is 0. The molecule has 39 heavy (non-hydrogen) atoms. The minimum Gasteiger partial charge on any atom is -0.393 e. The van der Waals surface area contributed by atoms with Gasteiger partial charge in [-0.15, -0.1) is 0 Å². The molecule has 6 rings (SSSR count). The lowest BCUT2D eigenvalue weighted by Gasteiger charge is -2.52. The number of hydrogen-bond donors (Lipinski definition) is 2. The second-order valence-electron chi connectivity index (χ2n) is 12.2. The minimum absolute atomic E-state index is 0.0419. The summed E-state index contributed by atoms with van der Waals surface area (Å²) in [5, 5.41) is 14.4. The van der Waals surface area contributed by atoms with Crippen molar-refractivity contribution >= 4 is 11.5 Å². The van der Waals surface area contributed by atoms with Crippen LogP contribution in [-0.2, 0) is 4.79 Å². The Bertz CT molecular complexity index is 1390. The normalized spacial score (nSPS) is 29.4. The monoisotopic (exact) mass is 517 g/mol. The number of nitrogens with one attached hydrogen (secondary N) is 1. The lowest BCUT2D eigenvalue weighted by molar-refractivity contribution is -0.114. The van der Waals surface area contributed by atoms with Gasteiger partial charge in [0, 0.05) is 35.7 Å². The van der Waals surface area contributed by atoms with Crippen LogP contribution < -0.4 is 5.32 Å². The van der Waals surface area contributed by atoms with E-state index in [-0.39, 0.29) is 17.3 Å². The van der Waals surface area contributed by atoms with Gasteiger partial charge in [-0.3, -0.25) is 4.79 Å². The zero-order valence-corrected chi connectivity index (χ0v) is 23.0. The molecule has 2 fully saturated rings. The van der Waals surface area contributed by atoms with Gasteiger partial charge in [-0.25, -0.2) is 0 Å². The fourth-order valence-electron chi connectivity index (χ4n) is 7.90. The van der Waals surface area contributed by atoms with Gasteiger partial charge in [0.05, 0.1) is 6.10 Å². The fraction of sp³-hybridized carbons (Fsp3) is 0.417. The van der Waals surface area contributed by atoms with E-state index in [9.17, 15) is 9.90 Å². The van der Waals surface area contributed by atoms with Crippen LogP contribution in [-0.4, -0.2) is 17.0 Å². The Kier molecular flexibility index (Phi) is 7.08. The van der Waals surface area contributed by atoms with E-state index in [0.717, 1.165) is 68.3 Å². The van der Waals surface area contributed by atoms with Gasteiger partial charge in [0.2, 0.25) is 0 Å². The van der Waals surface area contributed by atoms with Crippen molar-refractivity contribution in [2.24, 2.45) is 17.3 Å². The highest BCUT2D eigenvalue weighted by Gasteiger charge is 2.56. The van der Waals surface area contributed by atoms with Crippen LogP contribution >= 0.6 is 0 Å². The maximum atomic E-state index is 12.2. The highest BCUT2D eigenvalue weighted by molar-refractivity contribution is 5.93. The van der Waals surface area contributed by atoms with E-state index in [1.165, 1.54) is 16.7 Å². The maximum absolute atomic E-state index is 12.2. The summed E-state index contributed by atoms with van der Waals surface area (Å²) in [6.45, 7) is 6.47. The molecule has 2 aromatic rings. The Balaban J connectivity index is 1.21. The molecule has 0 spiro atoms. The molecule has 2 N–H and O–H groups in total. The van der Waals surface area contributed by atoms with E-state index in [1.54, 1.807) is 5.57 Å². The number of benzene rings is 2. The number of aliphatic hydroxyl groups is 1. The maximum Gasteiger partial charge on any atom is 0.156 e. The first-order valence-corrected chi connectivity index (χ1v) is 14.7. The van der Waals surface area contributed by atoms with Crippen LogP contribution in [0.1, 0.15) is 81.8 Å². The average Bonchev–Trinajstić information content (AvgIpc) is 3.25. The van der Waals surface area contributed by atoms with Gasteiger partial charge >= 0.3 is 0 Å². The Labute approximate surface area is 233 Å². The Morgan fingerprint density at radius 1 is 1.05 bits per heavy atom. The van der Waals surface area contributed by atoms with Crippen LogP contribution in [0.4, 0.5) is 5.69 Å². The lowest BCUT2D eigenvalue weighted by atomic mass is 9.53. The van der Waals surface area contributed by atoms with Crippen molar-refractivity contribution in [3.8, 4) is 11.8 Å². The summed E-state index contributed by atoms with van der Waals surface area (Å²) in [6.07, 6.45) is 9.91. The number of para-hydroxylation sites is 1. The van der Waals surface area contributed by atoms with E-state index in [2.05, 4.69) is 54.9 Å². The van der Waals surface area contributed by atoms with Gasteiger partial charge in [-0.2, -0.15) is 0 Å². The molecular weight excluding hydrogens is 478 g/mol. The number of ketones is 1. The van der Waals surface area contributed by atoms with Gasteiger partial charge in [-0.1, -0.05) is 61.2 Å². The molecule has 200 valence electrons. The van der Waals surface area contributed by atoms with Crippen LogP contribution in [0.5, 0.6) is 0 Å². The van der Waals surface area contributed by atoms with Gasteiger partial charge in [0.1, 0.15) is 0 Å². The van der Waals surface area contributed by atoms with Crippen molar-refractivity contribution in [1.29, 1.82) is 0 Å². The van der Waals surface area contributed by atoms with Crippen molar-refractivity contribution in [3.63, 3.8) is 0 Å². The molecule has 0 amide bonds. The fourth-order valence-corrected chi connectivity index (χ4v) is 7.90. The Hall–Kier alpha value is -3.35. The number of allylic oxidation sites excluding steroid dienone is 5. The third-order valence-electron chi connectivity index (χ3n) is 9.87. The first-order valence-electron chi connectivity index (χ1n) is 14.7. The van der Waals surface area contributed by atoms with Crippen molar-refractivity contribution in [2.75, 3.05) is 5.32 Å². The third-order valence-corrected chi connectivity index (χ3v) is 9.87. The molecular formula is C36H39NO2. The average molecular weight is 518 g/mol. The topological polar surface area (TPSA) is 49.3 Å². The van der Waals surface area contributed by atoms with Crippen molar-refractivity contribution in [2.45, 2.75) is 76.7 Å². The molecule has 0 radical (unpaired) electrons. The van der Waals surface area contributed by atoms with Gasteiger partial charge < -0.3 is 10.4 Å². The van der Waals surface area contributed by atoms with Gasteiger partial charge in [-0.05, 0) is 109 Å². The molecule has 0 saturated heterocycles. The number of anilines is 1. The van der Waals surface area contributed by atoms with Crippen LogP contribution in [0.3, 0.4) is 0 Å². The Morgan fingerprint density at radius 2 is 1.85 bits per heavy atom. The van der Waals surface area contributed by atoms with E-state index in [1.807, 2.05) is 36.4 Å². The van der Waals surface area contributed by atoms with E-state index in [0.29, 0.717) is 24.2 Å². The number of hydrogen-bond acceptors (Lipinski definition) is 3. The summed E-state index contributed by atoms with van der Waals surface area (Å²) < 4.78 is 0. The molecule has 3 nitrogen and oxygen atoms in total. The third kappa shape index (κ3) is 5.04. The number of carbonyl (C=O) groups excluding carboxylic acids is 1. The second-order valence-corrected chi connectivity index (χ2v) is 12.2. The smallest absolute Gasteiger partial charge is 0.156 e. The molecule has 2 saturated carbocycles. The highest BCUT2D eigenvalue weighted by atomic mass is 16.3. The van der Waals surface area contributed by atoms with Gasteiger partial charge in [0.25, 0.3) is 0 Å². The molecule has 0 bridgehead atoms. The van der Waals surface area contributed by atoms with Crippen LogP contribution in [0.25, 0.3) is 0 Å². The molecule has 4 aliphatic rings. The summed E-state index contributed by atoms with van der Waals surface area (Å²) in [7, 11) is 0. The van der Waals surface area contributed by atoms with E-state index >= 15 is 0 Å². The first kappa shape index (κ1) is 25.9. The predicted molar refractivity (Wildman–Crippen MR) is 158 cm³/mol. The quantitative estimate of drug-likeness (QED) is 0.400. The summed E-state index contributed by atoms with van der Waals surface area (Å²) in [5.74, 6) is 8.29. The van der Waals surface area contributed by atoms with Crippen LogP contribution in [0, 0.1) is 29.1 Å². The summed E-state index contributed by atoms with van der Waals surface area (Å²) in [6, 6.07) is 18.9. The molecule has 3 heteroatoms. The standard InChI is InChI=1S/C36H39NO2/c1-24(37-28-10-4-3-5-11-28)8-6-7-9-25-12-14-26(15-13-25)32-23-36(2)33(20-21-34(36)39)31-18-16-27-22-29(38)17-19-30(27)35(31)32/h3-5,10-15,22,31-34,37,39H,1,6,8,16-21,23H2,2H3. The van der Waals surface area contributed by atoms with Gasteiger partial charge in [0.15, 0.2) is 5.78 Å². The molecule has 5 unspecified atom stereocenters. The molecule has 5 atom stereocenters. The SMILES string of the molecule is C=C(CCC#Cc1ccc(C2CC3(C)C(O)CCC3C3CCC4=CC(=O)CCC4=C23)cc1)Nc1ccccc1. The zero-order valence-electron chi connectivity index (χ0n) is 23.0. The summed E-state index contributed by atoms with van der Waals surface area (Å²) in [5.41, 5.74) is 8.67. The van der Waals surface area contributed by atoms with Crippen molar-refractivity contribution < 1.29 is 9.90 Å². The number of aliphatic hydroxyl groups excluding tert-OH is 1. The number of fused-ring (bicyclic) bond motifs is 4. The minimum atomic E-state index is -0.224. The zero-order chi connectivity index (χ0) is 27.0. The predicted octanol–water partition coefficient (Wildman–Crippen LogP) is 7.70. The summed E-state index contributed by atoms with van der Waals surface area (Å²) in [4.78, 5) is 12.2. The van der Waals surface area contributed by atoms with Crippen molar-refractivity contribution in [1.82, 2.24) is 0 Å². The highest BCUT2D eigenvalue weighted by Crippen LogP contribution is 2.63. The molecule has 2 aromatic carbocycles. The van der Waals surface area contributed by atoms with Crippen LogP contribution in [0.2, 0.25) is 0 Å². The second kappa shape index (κ2) is 10.7. The molecule has 0 aromatic heterocycles. The van der Waals surface area contributed by atoms with E-state index < -0.39 is 0 Å². The van der Waals surface area contributed by atoms with E-state index in [4.69, 9.17) is 0 Å². The lowest BCUT2D eigenvalue weighted by Crippen LogP contribution is -2.45. The van der Waals surface area contributed by atoms with Crippen LogP contribution in [0.15, 0.2) is 89.7 Å².